The molecule has 130 valence electrons. The van der Waals surface area contributed by atoms with Gasteiger partial charge in [-0.25, -0.2) is 0 Å². The maximum absolute atomic E-state index is 12.4. The van der Waals surface area contributed by atoms with Crippen molar-refractivity contribution in [3.8, 4) is 0 Å². The van der Waals surface area contributed by atoms with Crippen LogP contribution in [0.1, 0.15) is 26.3 Å². The molecule has 0 fully saturated rings. The molecule has 0 spiro atoms. The predicted octanol–water partition coefficient (Wildman–Crippen LogP) is 2.56. The third kappa shape index (κ3) is 3.92. The van der Waals surface area contributed by atoms with E-state index >= 15 is 0 Å². The van der Waals surface area contributed by atoms with Crippen LogP contribution in [0.2, 0.25) is 0 Å². The molecular formula is C17H18N4O4. The first-order valence-corrected chi connectivity index (χ1v) is 7.47. The third-order valence-corrected chi connectivity index (χ3v) is 3.70. The van der Waals surface area contributed by atoms with Crippen molar-refractivity contribution < 1.29 is 14.5 Å². The summed E-state index contributed by atoms with van der Waals surface area (Å²) in [5, 5.41) is 19.0. The zero-order valence-corrected chi connectivity index (χ0v) is 14.0. The lowest BCUT2D eigenvalue weighted by molar-refractivity contribution is -0.384. The van der Waals surface area contributed by atoms with Gasteiger partial charge in [-0.2, -0.15) is 0 Å². The van der Waals surface area contributed by atoms with Crippen LogP contribution in [0.25, 0.3) is 0 Å². The van der Waals surface area contributed by atoms with Gasteiger partial charge in [0, 0.05) is 37.0 Å². The van der Waals surface area contributed by atoms with E-state index in [-0.39, 0.29) is 17.2 Å². The average Bonchev–Trinajstić information content (AvgIpc) is 2.62. The van der Waals surface area contributed by atoms with Gasteiger partial charge >= 0.3 is 0 Å². The topological polar surface area (TPSA) is 113 Å². The number of anilines is 2. The van der Waals surface area contributed by atoms with Gasteiger partial charge in [0.25, 0.3) is 17.5 Å². The van der Waals surface area contributed by atoms with E-state index < -0.39 is 10.8 Å². The smallest absolute Gasteiger partial charge is 0.293 e. The Hall–Kier alpha value is -3.42. The highest BCUT2D eigenvalue weighted by Crippen LogP contribution is 2.26. The summed E-state index contributed by atoms with van der Waals surface area (Å²) < 4.78 is 0. The Morgan fingerprint density at radius 2 is 1.60 bits per heavy atom. The fourth-order valence-electron chi connectivity index (χ4n) is 2.27. The third-order valence-electron chi connectivity index (χ3n) is 3.70. The van der Waals surface area contributed by atoms with Gasteiger partial charge in [0.2, 0.25) is 0 Å². The molecule has 0 unspecified atom stereocenters. The number of nitrogens with one attached hydrogen (secondary N) is 3. The summed E-state index contributed by atoms with van der Waals surface area (Å²) in [6.45, 7) is 1.79. The van der Waals surface area contributed by atoms with Crippen molar-refractivity contribution in [1.82, 2.24) is 5.32 Å². The molecule has 0 saturated carbocycles. The molecule has 0 aromatic heterocycles. The van der Waals surface area contributed by atoms with Crippen molar-refractivity contribution >= 4 is 28.9 Å². The van der Waals surface area contributed by atoms with Crippen molar-refractivity contribution in [2.45, 2.75) is 6.92 Å². The molecule has 0 aliphatic rings. The molecule has 0 saturated heterocycles. The van der Waals surface area contributed by atoms with Crippen LogP contribution in [-0.2, 0) is 0 Å². The van der Waals surface area contributed by atoms with E-state index in [4.69, 9.17) is 0 Å². The second kappa shape index (κ2) is 7.43. The molecule has 2 aromatic rings. The Morgan fingerprint density at radius 3 is 2.20 bits per heavy atom. The average molecular weight is 342 g/mol. The van der Waals surface area contributed by atoms with Crippen LogP contribution in [-0.4, -0.2) is 30.8 Å². The van der Waals surface area contributed by atoms with E-state index in [1.165, 1.54) is 25.2 Å². The van der Waals surface area contributed by atoms with Gasteiger partial charge in [-0.1, -0.05) is 6.07 Å². The van der Waals surface area contributed by atoms with E-state index in [1.807, 2.05) is 0 Å². The monoisotopic (exact) mass is 342 g/mol. The zero-order valence-electron chi connectivity index (χ0n) is 14.0. The quantitative estimate of drug-likeness (QED) is 0.571. The lowest BCUT2D eigenvalue weighted by Crippen LogP contribution is -2.19. The molecular weight excluding hydrogens is 324 g/mol. The highest BCUT2D eigenvalue weighted by atomic mass is 16.6. The summed E-state index contributed by atoms with van der Waals surface area (Å²) in [7, 11) is 3.08. The highest BCUT2D eigenvalue weighted by molar-refractivity contribution is 6.06. The van der Waals surface area contributed by atoms with E-state index in [2.05, 4.69) is 16.0 Å². The van der Waals surface area contributed by atoms with Crippen molar-refractivity contribution in [1.29, 1.82) is 0 Å². The molecule has 25 heavy (non-hydrogen) atoms. The number of rotatable bonds is 5. The molecule has 0 radical (unpaired) electrons. The summed E-state index contributed by atoms with van der Waals surface area (Å²) in [6, 6.07) is 9.09. The Labute approximate surface area is 144 Å². The van der Waals surface area contributed by atoms with Gasteiger partial charge in [0.15, 0.2) is 0 Å². The van der Waals surface area contributed by atoms with E-state index in [0.717, 1.165) is 5.56 Å². The number of amides is 2. The number of nitrogens with zero attached hydrogens (tertiary/aromatic N) is 1. The van der Waals surface area contributed by atoms with Crippen molar-refractivity contribution in [3.05, 3.63) is 63.2 Å². The number of carbonyl (C=O) groups is 2. The van der Waals surface area contributed by atoms with Gasteiger partial charge in [0.05, 0.1) is 4.92 Å². The summed E-state index contributed by atoms with van der Waals surface area (Å²) in [4.78, 5) is 34.7. The first kappa shape index (κ1) is 17.9. The molecule has 8 heteroatoms. The molecule has 0 bridgehead atoms. The van der Waals surface area contributed by atoms with Crippen LogP contribution < -0.4 is 16.0 Å². The Kier molecular flexibility index (Phi) is 5.33. The molecule has 2 rings (SSSR count). The highest BCUT2D eigenvalue weighted by Gasteiger charge is 2.17. The van der Waals surface area contributed by atoms with E-state index in [9.17, 15) is 19.7 Å². The maximum Gasteiger partial charge on any atom is 0.293 e. The van der Waals surface area contributed by atoms with Crippen LogP contribution in [0.5, 0.6) is 0 Å². The van der Waals surface area contributed by atoms with Gasteiger partial charge in [-0.15, -0.1) is 0 Å². The molecule has 0 aliphatic heterocycles. The van der Waals surface area contributed by atoms with Crippen LogP contribution in [0.4, 0.5) is 17.1 Å². The fourth-order valence-corrected chi connectivity index (χ4v) is 2.27. The summed E-state index contributed by atoms with van der Waals surface area (Å²) >= 11 is 0. The minimum atomic E-state index is -0.555. The largest absolute Gasteiger partial charge is 0.383 e. The standard InChI is InChI=1S/C17H18N4O4/c1-10-4-5-11(16(22)19-3)8-14(10)20-17(23)12-6-7-13(18-2)15(9-12)21(24)25/h4-9,18H,1-3H3,(H,19,22)(H,20,23). The minimum absolute atomic E-state index is 0.149. The molecule has 0 aliphatic carbocycles. The molecule has 2 amide bonds. The van der Waals surface area contributed by atoms with Gasteiger partial charge in [-0.05, 0) is 36.8 Å². The van der Waals surface area contributed by atoms with Gasteiger partial charge < -0.3 is 16.0 Å². The van der Waals surface area contributed by atoms with Crippen molar-refractivity contribution in [2.75, 3.05) is 24.7 Å². The SMILES string of the molecule is CNC(=O)c1ccc(C)c(NC(=O)c2ccc(NC)c([N+](=O)[O-])c2)c1. The number of hydrogen-bond donors (Lipinski definition) is 3. The second-order valence-corrected chi connectivity index (χ2v) is 5.30. The number of carbonyl (C=O) groups excluding carboxylic acids is 2. The summed E-state index contributed by atoms with van der Waals surface area (Å²) in [5.41, 5.74) is 1.91. The number of benzene rings is 2. The maximum atomic E-state index is 12.4. The van der Waals surface area contributed by atoms with E-state index in [1.54, 1.807) is 32.2 Å². The number of aryl methyl sites for hydroxylation is 1. The molecule has 8 nitrogen and oxygen atoms in total. The van der Waals surface area contributed by atoms with E-state index in [0.29, 0.717) is 16.9 Å². The van der Waals surface area contributed by atoms with Crippen LogP contribution in [0.3, 0.4) is 0 Å². The number of hydrogen-bond acceptors (Lipinski definition) is 5. The number of nitro benzene ring substituents is 1. The molecule has 3 N–H and O–H groups in total. The molecule has 2 aromatic carbocycles. The van der Waals surface area contributed by atoms with Crippen LogP contribution in [0, 0.1) is 17.0 Å². The molecule has 0 heterocycles. The van der Waals surface area contributed by atoms with Gasteiger partial charge in [-0.3, -0.25) is 19.7 Å². The Bertz CT molecular complexity index is 849. The van der Waals surface area contributed by atoms with Crippen LogP contribution >= 0.6 is 0 Å². The predicted molar refractivity (Wildman–Crippen MR) is 95.2 cm³/mol. The summed E-state index contributed by atoms with van der Waals surface area (Å²) in [6.07, 6.45) is 0. The summed E-state index contributed by atoms with van der Waals surface area (Å²) in [5.74, 6) is -0.771. The normalized spacial score (nSPS) is 10.0. The zero-order chi connectivity index (χ0) is 18.6. The second-order valence-electron chi connectivity index (χ2n) is 5.30. The van der Waals surface area contributed by atoms with Crippen LogP contribution in [0.15, 0.2) is 36.4 Å². The van der Waals surface area contributed by atoms with Gasteiger partial charge in [0.1, 0.15) is 5.69 Å². The Balaban J connectivity index is 2.32. The van der Waals surface area contributed by atoms with Crippen molar-refractivity contribution in [3.63, 3.8) is 0 Å². The lowest BCUT2D eigenvalue weighted by atomic mass is 10.1. The first-order chi connectivity index (χ1) is 11.9. The Morgan fingerprint density at radius 1 is 0.960 bits per heavy atom. The lowest BCUT2D eigenvalue weighted by Gasteiger charge is -2.11. The molecule has 0 atom stereocenters. The number of nitro groups is 1. The van der Waals surface area contributed by atoms with Crippen molar-refractivity contribution in [2.24, 2.45) is 0 Å². The fraction of sp³-hybridized carbons (Fsp3) is 0.176. The first-order valence-electron chi connectivity index (χ1n) is 7.47. The minimum Gasteiger partial charge on any atom is -0.383 e.